The van der Waals surface area contributed by atoms with Crippen molar-refractivity contribution >= 4 is 33.1 Å². The SMILES string of the molecule is CC(C)Cn1nc(C(=O)Nc2ncc(Cc3cccc(C(F)(F)F)c3)s2)c2ccccc2c1=O. The first-order valence-electron chi connectivity index (χ1n) is 10.5. The molecule has 2 aromatic heterocycles. The van der Waals surface area contributed by atoms with Crippen molar-refractivity contribution in [3.05, 3.63) is 86.8 Å². The van der Waals surface area contributed by atoms with Gasteiger partial charge in [0.1, 0.15) is 0 Å². The third-order valence-corrected chi connectivity index (χ3v) is 5.94. The number of fused-ring (bicyclic) bond motifs is 1. The zero-order valence-electron chi connectivity index (χ0n) is 18.4. The van der Waals surface area contributed by atoms with Crippen molar-refractivity contribution in [1.82, 2.24) is 14.8 Å². The van der Waals surface area contributed by atoms with Gasteiger partial charge in [-0.05, 0) is 23.6 Å². The minimum Gasteiger partial charge on any atom is -0.296 e. The minimum absolute atomic E-state index is 0.102. The van der Waals surface area contributed by atoms with E-state index in [1.807, 2.05) is 13.8 Å². The van der Waals surface area contributed by atoms with E-state index in [1.54, 1.807) is 30.3 Å². The molecular weight excluding hydrogens is 465 g/mol. The van der Waals surface area contributed by atoms with Gasteiger partial charge in [0.25, 0.3) is 11.5 Å². The Labute approximate surface area is 197 Å². The molecule has 0 bridgehead atoms. The lowest BCUT2D eigenvalue weighted by molar-refractivity contribution is -0.137. The van der Waals surface area contributed by atoms with E-state index in [9.17, 15) is 22.8 Å². The van der Waals surface area contributed by atoms with Crippen LogP contribution in [0.15, 0.2) is 59.5 Å². The molecule has 4 aromatic rings. The second-order valence-corrected chi connectivity index (χ2v) is 9.35. The van der Waals surface area contributed by atoms with Crippen molar-refractivity contribution in [3.8, 4) is 0 Å². The summed E-state index contributed by atoms with van der Waals surface area (Å²) in [7, 11) is 0. The second kappa shape index (κ2) is 9.38. The molecule has 176 valence electrons. The predicted octanol–water partition coefficient (Wildman–Crippen LogP) is 5.37. The Morgan fingerprint density at radius 3 is 2.56 bits per heavy atom. The molecule has 0 aliphatic heterocycles. The maximum atomic E-state index is 13.1. The zero-order valence-corrected chi connectivity index (χ0v) is 19.2. The van der Waals surface area contributed by atoms with Crippen LogP contribution in [0.25, 0.3) is 10.8 Å². The van der Waals surface area contributed by atoms with Crippen LogP contribution in [-0.4, -0.2) is 20.7 Å². The van der Waals surface area contributed by atoms with Crippen LogP contribution in [-0.2, 0) is 19.1 Å². The summed E-state index contributed by atoms with van der Waals surface area (Å²) in [5, 5.41) is 8.13. The maximum Gasteiger partial charge on any atom is 0.416 e. The number of rotatable bonds is 6. The van der Waals surface area contributed by atoms with Crippen molar-refractivity contribution in [3.63, 3.8) is 0 Å². The van der Waals surface area contributed by atoms with Gasteiger partial charge in [-0.2, -0.15) is 18.3 Å². The van der Waals surface area contributed by atoms with E-state index in [0.29, 0.717) is 32.9 Å². The monoisotopic (exact) mass is 486 g/mol. The van der Waals surface area contributed by atoms with Crippen LogP contribution in [0.4, 0.5) is 18.3 Å². The Morgan fingerprint density at radius 1 is 1.12 bits per heavy atom. The van der Waals surface area contributed by atoms with E-state index in [1.165, 1.54) is 28.3 Å². The van der Waals surface area contributed by atoms with Gasteiger partial charge in [0, 0.05) is 29.4 Å². The molecule has 6 nitrogen and oxygen atoms in total. The van der Waals surface area contributed by atoms with Crippen LogP contribution >= 0.6 is 11.3 Å². The molecule has 10 heteroatoms. The first-order chi connectivity index (χ1) is 16.1. The van der Waals surface area contributed by atoms with E-state index < -0.39 is 17.6 Å². The molecule has 0 aliphatic carbocycles. The molecule has 1 N–H and O–H groups in total. The van der Waals surface area contributed by atoms with Gasteiger partial charge in [0.15, 0.2) is 10.8 Å². The summed E-state index contributed by atoms with van der Waals surface area (Å²) in [6.45, 7) is 4.26. The number of hydrogen-bond donors (Lipinski definition) is 1. The quantitative estimate of drug-likeness (QED) is 0.398. The molecule has 0 saturated carbocycles. The first-order valence-corrected chi connectivity index (χ1v) is 11.4. The van der Waals surface area contributed by atoms with Crippen molar-refractivity contribution in [1.29, 1.82) is 0 Å². The van der Waals surface area contributed by atoms with E-state index in [4.69, 9.17) is 0 Å². The molecule has 0 fully saturated rings. The molecule has 2 aromatic carbocycles. The maximum absolute atomic E-state index is 13.1. The lowest BCUT2D eigenvalue weighted by Crippen LogP contribution is -2.29. The fourth-order valence-electron chi connectivity index (χ4n) is 3.53. The Hall–Kier alpha value is -3.53. The number of benzene rings is 2. The number of aromatic nitrogens is 3. The topological polar surface area (TPSA) is 76.9 Å². The molecule has 0 unspecified atom stereocenters. The van der Waals surface area contributed by atoms with Gasteiger partial charge in [-0.3, -0.25) is 14.9 Å². The van der Waals surface area contributed by atoms with Crippen LogP contribution in [0.1, 0.15) is 40.3 Å². The van der Waals surface area contributed by atoms with Crippen LogP contribution in [0.2, 0.25) is 0 Å². The largest absolute Gasteiger partial charge is 0.416 e. The lowest BCUT2D eigenvalue weighted by Gasteiger charge is -2.12. The molecule has 4 rings (SSSR count). The summed E-state index contributed by atoms with van der Waals surface area (Å²) < 4.78 is 40.2. The van der Waals surface area contributed by atoms with Gasteiger partial charge in [0.05, 0.1) is 10.9 Å². The lowest BCUT2D eigenvalue weighted by atomic mass is 10.1. The highest BCUT2D eigenvalue weighted by Gasteiger charge is 2.30. The van der Waals surface area contributed by atoms with Gasteiger partial charge in [-0.25, -0.2) is 9.67 Å². The van der Waals surface area contributed by atoms with Gasteiger partial charge < -0.3 is 0 Å². The highest BCUT2D eigenvalue weighted by molar-refractivity contribution is 7.15. The van der Waals surface area contributed by atoms with E-state index in [0.717, 1.165) is 12.1 Å². The summed E-state index contributed by atoms with van der Waals surface area (Å²) in [5.41, 5.74) is -0.383. The van der Waals surface area contributed by atoms with Crippen molar-refractivity contribution in [2.75, 3.05) is 5.32 Å². The zero-order chi connectivity index (χ0) is 24.5. The Morgan fingerprint density at radius 2 is 1.85 bits per heavy atom. The average molecular weight is 487 g/mol. The molecule has 2 heterocycles. The molecule has 1 amide bonds. The average Bonchev–Trinajstić information content (AvgIpc) is 3.21. The molecule has 0 radical (unpaired) electrons. The Bertz CT molecular complexity index is 1410. The summed E-state index contributed by atoms with van der Waals surface area (Å²) in [4.78, 5) is 30.7. The number of thiazole rings is 1. The van der Waals surface area contributed by atoms with Gasteiger partial charge in [-0.1, -0.05) is 50.2 Å². The summed E-state index contributed by atoms with van der Waals surface area (Å²) >= 11 is 1.17. The minimum atomic E-state index is -4.41. The number of halogens is 3. The number of anilines is 1. The molecule has 0 atom stereocenters. The third kappa shape index (κ3) is 5.17. The van der Waals surface area contributed by atoms with Crippen molar-refractivity contribution < 1.29 is 18.0 Å². The Kier molecular flexibility index (Phi) is 6.52. The number of hydrogen-bond acceptors (Lipinski definition) is 5. The molecule has 34 heavy (non-hydrogen) atoms. The summed E-state index contributed by atoms with van der Waals surface area (Å²) in [6, 6.07) is 11.9. The normalized spacial score (nSPS) is 11.8. The van der Waals surface area contributed by atoms with E-state index >= 15 is 0 Å². The predicted molar refractivity (Wildman–Crippen MR) is 125 cm³/mol. The van der Waals surface area contributed by atoms with Crippen LogP contribution in [0, 0.1) is 5.92 Å². The fourth-order valence-corrected chi connectivity index (χ4v) is 4.38. The van der Waals surface area contributed by atoms with Crippen molar-refractivity contribution in [2.24, 2.45) is 5.92 Å². The number of nitrogens with zero attached hydrogens (tertiary/aromatic N) is 3. The second-order valence-electron chi connectivity index (χ2n) is 8.24. The summed E-state index contributed by atoms with van der Waals surface area (Å²) in [6.07, 6.45) is -2.64. The van der Waals surface area contributed by atoms with Crippen LogP contribution < -0.4 is 10.9 Å². The smallest absolute Gasteiger partial charge is 0.296 e. The summed E-state index contributed by atoms with van der Waals surface area (Å²) in [5.74, 6) is -0.367. The third-order valence-electron chi connectivity index (χ3n) is 5.03. The fraction of sp³-hybridized carbons (Fsp3) is 0.250. The van der Waals surface area contributed by atoms with Crippen molar-refractivity contribution in [2.45, 2.75) is 33.0 Å². The first kappa shape index (κ1) is 23.6. The van der Waals surface area contributed by atoms with E-state index in [-0.39, 0.29) is 23.6 Å². The number of carbonyl (C=O) groups is 1. The number of amides is 1. The van der Waals surface area contributed by atoms with Gasteiger partial charge in [-0.15, -0.1) is 11.3 Å². The number of alkyl halides is 3. The molecule has 0 aliphatic rings. The van der Waals surface area contributed by atoms with Gasteiger partial charge in [0.2, 0.25) is 0 Å². The molecule has 0 saturated heterocycles. The Balaban J connectivity index is 1.58. The van der Waals surface area contributed by atoms with Gasteiger partial charge >= 0.3 is 6.18 Å². The standard InChI is InChI=1S/C24H21F3N4O2S/c1-14(2)13-31-22(33)19-9-4-3-8-18(19)20(30-31)21(32)29-23-28-12-17(34-23)11-15-6-5-7-16(10-15)24(25,26)27/h3-10,12,14H,11,13H2,1-2H3,(H,28,29,32). The number of nitrogens with one attached hydrogen (secondary N) is 1. The molecule has 0 spiro atoms. The highest BCUT2D eigenvalue weighted by atomic mass is 32.1. The molecular formula is C24H21F3N4O2S. The van der Waals surface area contributed by atoms with Crippen LogP contribution in [0.3, 0.4) is 0 Å². The highest BCUT2D eigenvalue weighted by Crippen LogP contribution is 2.30. The number of carbonyl (C=O) groups excluding carboxylic acids is 1. The van der Waals surface area contributed by atoms with Crippen LogP contribution in [0.5, 0.6) is 0 Å². The van der Waals surface area contributed by atoms with E-state index in [2.05, 4.69) is 15.4 Å².